The molecule has 1 aromatic heterocycles. The third-order valence-electron chi connectivity index (χ3n) is 1.39. The van der Waals surface area contributed by atoms with E-state index in [4.69, 9.17) is 0 Å². The molecule has 0 aliphatic rings. The summed E-state index contributed by atoms with van der Waals surface area (Å²) in [6.07, 6.45) is 0. The highest BCUT2D eigenvalue weighted by Gasteiger charge is 2.12. The van der Waals surface area contributed by atoms with Gasteiger partial charge in [-0.2, -0.15) is 4.39 Å². The minimum atomic E-state index is -0.790. The maximum absolute atomic E-state index is 12.9. The van der Waals surface area contributed by atoms with E-state index in [-0.39, 0.29) is 5.56 Å². The van der Waals surface area contributed by atoms with Crippen molar-refractivity contribution >= 4 is 5.97 Å². The quantitative estimate of drug-likeness (QED) is 0.470. The van der Waals surface area contributed by atoms with Crippen LogP contribution in [0, 0.1) is 12.9 Å². The molecule has 1 aromatic rings. The van der Waals surface area contributed by atoms with E-state index in [1.54, 1.807) is 13.0 Å². The van der Waals surface area contributed by atoms with Crippen LogP contribution in [0.2, 0.25) is 0 Å². The topological polar surface area (TPSA) is 39.2 Å². The summed E-state index contributed by atoms with van der Waals surface area (Å²) in [6, 6.07) is 2.90. The molecule has 0 aromatic carbocycles. The Balaban J connectivity index is 3.09. The van der Waals surface area contributed by atoms with Crippen molar-refractivity contribution in [2.45, 2.75) is 6.92 Å². The lowest BCUT2D eigenvalue weighted by Gasteiger charge is -1.99. The Morgan fingerprint density at radius 3 is 2.75 bits per heavy atom. The Morgan fingerprint density at radius 1 is 1.58 bits per heavy atom. The Morgan fingerprint density at radius 2 is 2.25 bits per heavy atom. The zero-order valence-electron chi connectivity index (χ0n) is 6.80. The van der Waals surface area contributed by atoms with Crippen LogP contribution >= 0.6 is 0 Å². The molecule has 1 heterocycles. The first-order valence-electron chi connectivity index (χ1n) is 3.36. The lowest BCUT2D eigenvalue weighted by Crippen LogP contribution is -2.06. The van der Waals surface area contributed by atoms with E-state index < -0.39 is 11.9 Å². The molecule has 0 saturated heterocycles. The van der Waals surface area contributed by atoms with E-state index in [1.807, 2.05) is 0 Å². The van der Waals surface area contributed by atoms with Gasteiger partial charge in [0, 0.05) is 5.69 Å². The summed E-state index contributed by atoms with van der Waals surface area (Å²) in [7, 11) is 1.20. The number of esters is 1. The number of rotatable bonds is 1. The monoisotopic (exact) mass is 169 g/mol. The molecule has 0 N–H and O–H groups in total. The highest BCUT2D eigenvalue weighted by molar-refractivity contribution is 5.89. The molecule has 0 aliphatic heterocycles. The number of carbonyl (C=O) groups is 1. The number of pyridine rings is 1. The second kappa shape index (κ2) is 3.30. The molecule has 0 spiro atoms. The van der Waals surface area contributed by atoms with Gasteiger partial charge in [-0.25, -0.2) is 9.78 Å². The minimum Gasteiger partial charge on any atom is -0.465 e. The predicted octanol–water partition coefficient (Wildman–Crippen LogP) is 1.32. The van der Waals surface area contributed by atoms with Gasteiger partial charge in [-0.05, 0) is 19.1 Å². The van der Waals surface area contributed by atoms with Crippen molar-refractivity contribution in [3.63, 3.8) is 0 Å². The smallest absolute Gasteiger partial charge is 0.342 e. The summed E-state index contributed by atoms with van der Waals surface area (Å²) in [5.41, 5.74) is 0.392. The van der Waals surface area contributed by atoms with E-state index in [2.05, 4.69) is 9.72 Å². The molecule has 64 valence electrons. The van der Waals surface area contributed by atoms with Gasteiger partial charge in [-0.15, -0.1) is 0 Å². The fourth-order valence-corrected chi connectivity index (χ4v) is 0.787. The van der Waals surface area contributed by atoms with Crippen molar-refractivity contribution in [3.8, 4) is 0 Å². The van der Waals surface area contributed by atoms with E-state index in [1.165, 1.54) is 13.2 Å². The van der Waals surface area contributed by atoms with Crippen LogP contribution < -0.4 is 0 Å². The van der Waals surface area contributed by atoms with Crippen LogP contribution in [-0.4, -0.2) is 18.1 Å². The summed E-state index contributed by atoms with van der Waals surface area (Å²) >= 11 is 0. The maximum atomic E-state index is 12.9. The number of halogens is 1. The molecule has 0 bridgehead atoms. The fourth-order valence-electron chi connectivity index (χ4n) is 0.787. The van der Waals surface area contributed by atoms with Gasteiger partial charge in [0.25, 0.3) is 0 Å². The summed E-state index contributed by atoms with van der Waals surface area (Å²) in [5, 5.41) is 0. The molecule has 3 nitrogen and oxygen atoms in total. The highest BCUT2D eigenvalue weighted by Crippen LogP contribution is 2.06. The van der Waals surface area contributed by atoms with Gasteiger partial charge >= 0.3 is 5.97 Å². The number of hydrogen-bond acceptors (Lipinski definition) is 3. The van der Waals surface area contributed by atoms with Gasteiger partial charge in [-0.1, -0.05) is 0 Å². The maximum Gasteiger partial charge on any atom is 0.342 e. The van der Waals surface area contributed by atoms with Gasteiger partial charge in [0.1, 0.15) is 5.56 Å². The Labute approximate surface area is 69.2 Å². The molecular weight excluding hydrogens is 161 g/mol. The summed E-state index contributed by atoms with van der Waals surface area (Å²) in [4.78, 5) is 14.3. The van der Waals surface area contributed by atoms with Crippen LogP contribution in [0.4, 0.5) is 4.39 Å². The SMILES string of the molecule is COC(=O)c1ccc(C)nc1F. The number of carbonyl (C=O) groups excluding carboxylic acids is 1. The standard InChI is InChI=1S/C8H8FNO2/c1-5-3-4-6(7(9)10-5)8(11)12-2/h3-4H,1-2H3. The van der Waals surface area contributed by atoms with Crippen molar-refractivity contribution in [1.29, 1.82) is 0 Å². The van der Waals surface area contributed by atoms with Crippen molar-refractivity contribution in [3.05, 3.63) is 29.3 Å². The van der Waals surface area contributed by atoms with Crippen LogP contribution in [0.3, 0.4) is 0 Å². The van der Waals surface area contributed by atoms with Crippen molar-refractivity contribution in [2.24, 2.45) is 0 Å². The van der Waals surface area contributed by atoms with Crippen LogP contribution in [0.5, 0.6) is 0 Å². The molecule has 0 atom stereocenters. The Kier molecular flexibility index (Phi) is 2.38. The number of aromatic nitrogens is 1. The van der Waals surface area contributed by atoms with E-state index in [9.17, 15) is 9.18 Å². The van der Waals surface area contributed by atoms with Gasteiger partial charge in [-0.3, -0.25) is 0 Å². The number of aryl methyl sites for hydroxylation is 1. The lowest BCUT2D eigenvalue weighted by atomic mass is 10.2. The summed E-state index contributed by atoms with van der Waals surface area (Å²) < 4.78 is 17.2. The minimum absolute atomic E-state index is 0.136. The van der Waals surface area contributed by atoms with Crippen LogP contribution in [-0.2, 0) is 4.74 Å². The average molecular weight is 169 g/mol. The first-order valence-corrected chi connectivity index (χ1v) is 3.36. The third-order valence-corrected chi connectivity index (χ3v) is 1.39. The van der Waals surface area contributed by atoms with Gasteiger partial charge < -0.3 is 4.74 Å². The molecular formula is C8H8FNO2. The van der Waals surface area contributed by atoms with Gasteiger partial charge in [0.2, 0.25) is 5.95 Å². The van der Waals surface area contributed by atoms with Gasteiger partial charge in [0.15, 0.2) is 0 Å². The summed E-state index contributed by atoms with van der Waals surface area (Å²) in [6.45, 7) is 1.64. The second-order valence-corrected chi connectivity index (χ2v) is 2.28. The number of nitrogens with zero attached hydrogens (tertiary/aromatic N) is 1. The fraction of sp³-hybridized carbons (Fsp3) is 0.250. The third kappa shape index (κ3) is 1.58. The molecule has 0 aliphatic carbocycles. The molecule has 4 heteroatoms. The van der Waals surface area contributed by atoms with Crippen molar-refractivity contribution in [1.82, 2.24) is 4.98 Å². The molecule has 1 rings (SSSR count). The van der Waals surface area contributed by atoms with Gasteiger partial charge in [0.05, 0.1) is 7.11 Å². The zero-order valence-corrected chi connectivity index (χ0v) is 6.80. The highest BCUT2D eigenvalue weighted by atomic mass is 19.1. The first-order chi connectivity index (χ1) is 5.65. The molecule has 0 amide bonds. The lowest BCUT2D eigenvalue weighted by molar-refractivity contribution is 0.0594. The first kappa shape index (κ1) is 8.64. The van der Waals surface area contributed by atoms with Crippen LogP contribution in [0.15, 0.2) is 12.1 Å². The predicted molar refractivity (Wildman–Crippen MR) is 40.3 cm³/mol. The van der Waals surface area contributed by atoms with Crippen molar-refractivity contribution < 1.29 is 13.9 Å². The second-order valence-electron chi connectivity index (χ2n) is 2.28. The van der Waals surface area contributed by atoms with Crippen molar-refractivity contribution in [2.75, 3.05) is 7.11 Å². The van der Waals surface area contributed by atoms with E-state index in [0.29, 0.717) is 5.69 Å². The number of methoxy groups -OCH3 is 1. The normalized spacial score (nSPS) is 9.58. The summed E-state index contributed by atoms with van der Waals surface area (Å²) in [5.74, 6) is -1.50. The van der Waals surface area contributed by atoms with E-state index in [0.717, 1.165) is 0 Å². The van der Waals surface area contributed by atoms with Crippen LogP contribution in [0.25, 0.3) is 0 Å². The molecule has 0 unspecified atom stereocenters. The molecule has 12 heavy (non-hydrogen) atoms. The molecule has 0 fully saturated rings. The number of ether oxygens (including phenoxy) is 1. The zero-order chi connectivity index (χ0) is 9.14. The number of hydrogen-bond donors (Lipinski definition) is 0. The molecule has 0 radical (unpaired) electrons. The molecule has 0 saturated carbocycles. The van der Waals surface area contributed by atoms with Crippen LogP contribution in [0.1, 0.15) is 16.1 Å². The average Bonchev–Trinajstić information content (AvgIpc) is 2.03. The Bertz CT molecular complexity index is 312. The largest absolute Gasteiger partial charge is 0.465 e. The Hall–Kier alpha value is -1.45. The van der Waals surface area contributed by atoms with E-state index >= 15 is 0 Å².